The molecule has 3 heteroatoms. The standard InChI is InChI=1S/C17H22N2Si/c1-5-19-16-9-6-13(10-11-20(2,3)4)12-15(16)18-17(19)14-7-8-14/h6,9,12,14H,5,7-8H2,1-4H3. The molecule has 1 aromatic carbocycles. The maximum absolute atomic E-state index is 4.86. The van der Waals surface area contributed by atoms with Crippen molar-refractivity contribution in [3.63, 3.8) is 0 Å². The molecule has 2 nitrogen and oxygen atoms in total. The van der Waals surface area contributed by atoms with Gasteiger partial charge in [0.1, 0.15) is 13.9 Å². The monoisotopic (exact) mass is 282 g/mol. The fourth-order valence-electron chi connectivity index (χ4n) is 2.47. The van der Waals surface area contributed by atoms with Crippen LogP contribution in [0.15, 0.2) is 18.2 Å². The predicted octanol–water partition coefficient (Wildman–Crippen LogP) is 4.16. The molecule has 0 aliphatic heterocycles. The second-order valence-electron chi connectivity index (χ2n) is 6.69. The van der Waals surface area contributed by atoms with Gasteiger partial charge in [0.05, 0.1) is 11.0 Å². The van der Waals surface area contributed by atoms with Crippen LogP contribution < -0.4 is 0 Å². The molecule has 0 atom stereocenters. The highest BCUT2D eigenvalue weighted by Crippen LogP contribution is 2.40. The highest BCUT2D eigenvalue weighted by Gasteiger charge is 2.29. The zero-order chi connectivity index (χ0) is 14.3. The van der Waals surface area contributed by atoms with Gasteiger partial charge in [0.15, 0.2) is 0 Å². The van der Waals surface area contributed by atoms with E-state index in [1.807, 2.05) is 0 Å². The van der Waals surface area contributed by atoms with E-state index in [4.69, 9.17) is 4.98 Å². The Morgan fingerprint density at radius 1 is 1.30 bits per heavy atom. The van der Waals surface area contributed by atoms with Crippen LogP contribution in [-0.2, 0) is 6.54 Å². The number of rotatable bonds is 2. The molecule has 1 aliphatic carbocycles. The number of aromatic nitrogens is 2. The van der Waals surface area contributed by atoms with Gasteiger partial charge in [0, 0.05) is 18.0 Å². The minimum atomic E-state index is -1.31. The first-order valence-electron chi connectivity index (χ1n) is 7.51. The van der Waals surface area contributed by atoms with Crippen molar-refractivity contribution in [2.24, 2.45) is 0 Å². The molecule has 1 aliphatic rings. The quantitative estimate of drug-likeness (QED) is 0.597. The topological polar surface area (TPSA) is 17.8 Å². The van der Waals surface area contributed by atoms with Gasteiger partial charge in [0.25, 0.3) is 0 Å². The molecular formula is C17H22N2Si. The molecule has 2 aromatic rings. The molecule has 20 heavy (non-hydrogen) atoms. The van der Waals surface area contributed by atoms with E-state index in [9.17, 15) is 0 Å². The molecule has 0 N–H and O–H groups in total. The van der Waals surface area contributed by atoms with Crippen LogP contribution >= 0.6 is 0 Å². The van der Waals surface area contributed by atoms with Crippen molar-refractivity contribution in [1.29, 1.82) is 0 Å². The van der Waals surface area contributed by atoms with Crippen LogP contribution in [0.3, 0.4) is 0 Å². The number of hydrogen-bond acceptors (Lipinski definition) is 1. The Hall–Kier alpha value is -1.53. The van der Waals surface area contributed by atoms with Crippen molar-refractivity contribution < 1.29 is 0 Å². The molecule has 1 heterocycles. The predicted molar refractivity (Wildman–Crippen MR) is 87.6 cm³/mol. The van der Waals surface area contributed by atoms with E-state index in [0.717, 1.165) is 17.6 Å². The largest absolute Gasteiger partial charge is 0.328 e. The lowest BCUT2D eigenvalue weighted by atomic mass is 10.2. The Morgan fingerprint density at radius 3 is 2.65 bits per heavy atom. The maximum Gasteiger partial charge on any atom is 0.129 e. The molecule has 1 aromatic heterocycles. The van der Waals surface area contributed by atoms with Crippen molar-refractivity contribution in [3.05, 3.63) is 29.6 Å². The van der Waals surface area contributed by atoms with E-state index < -0.39 is 8.07 Å². The zero-order valence-corrected chi connectivity index (χ0v) is 13.8. The number of aryl methyl sites for hydroxylation is 1. The summed E-state index contributed by atoms with van der Waals surface area (Å²) in [5.74, 6) is 5.30. The third-order valence-electron chi connectivity index (χ3n) is 3.62. The van der Waals surface area contributed by atoms with Gasteiger partial charge in [-0.2, -0.15) is 0 Å². The van der Waals surface area contributed by atoms with Gasteiger partial charge in [-0.1, -0.05) is 25.6 Å². The summed E-state index contributed by atoms with van der Waals surface area (Å²) in [6.45, 7) is 10.0. The van der Waals surface area contributed by atoms with Gasteiger partial charge < -0.3 is 4.57 Å². The summed E-state index contributed by atoms with van der Waals surface area (Å²) in [4.78, 5) is 4.86. The summed E-state index contributed by atoms with van der Waals surface area (Å²) in [6, 6.07) is 6.48. The molecule has 0 amide bonds. The summed E-state index contributed by atoms with van der Waals surface area (Å²) >= 11 is 0. The molecule has 3 rings (SSSR count). The molecule has 0 spiro atoms. The fraction of sp³-hybridized carbons (Fsp3) is 0.471. The summed E-state index contributed by atoms with van der Waals surface area (Å²) in [5, 5.41) is 0. The fourth-order valence-corrected chi connectivity index (χ4v) is 2.99. The number of imidazole rings is 1. The highest BCUT2D eigenvalue weighted by molar-refractivity contribution is 6.83. The number of fused-ring (bicyclic) bond motifs is 1. The van der Waals surface area contributed by atoms with Crippen LogP contribution in [0.25, 0.3) is 11.0 Å². The minimum Gasteiger partial charge on any atom is -0.328 e. The van der Waals surface area contributed by atoms with E-state index in [0.29, 0.717) is 5.92 Å². The Kier molecular flexibility index (Phi) is 3.22. The van der Waals surface area contributed by atoms with Crippen molar-refractivity contribution in [3.8, 4) is 11.5 Å². The lowest BCUT2D eigenvalue weighted by Gasteiger charge is -2.04. The molecule has 0 saturated heterocycles. The Morgan fingerprint density at radius 2 is 2.05 bits per heavy atom. The minimum absolute atomic E-state index is 0.693. The van der Waals surface area contributed by atoms with Gasteiger partial charge in [-0.25, -0.2) is 4.98 Å². The van der Waals surface area contributed by atoms with Gasteiger partial charge in [-0.05, 0) is 38.0 Å². The summed E-state index contributed by atoms with van der Waals surface area (Å²) in [7, 11) is -1.31. The van der Waals surface area contributed by atoms with Crippen LogP contribution in [0.2, 0.25) is 19.6 Å². The van der Waals surface area contributed by atoms with E-state index in [1.165, 1.54) is 24.2 Å². The molecular weight excluding hydrogens is 260 g/mol. The maximum atomic E-state index is 4.86. The average molecular weight is 282 g/mol. The third-order valence-corrected chi connectivity index (χ3v) is 4.49. The van der Waals surface area contributed by atoms with Crippen LogP contribution in [0.5, 0.6) is 0 Å². The smallest absolute Gasteiger partial charge is 0.129 e. The first-order chi connectivity index (χ1) is 9.48. The van der Waals surface area contributed by atoms with Crippen molar-refractivity contribution in [2.45, 2.75) is 51.9 Å². The summed E-state index contributed by atoms with van der Waals surface area (Å²) in [5.41, 5.74) is 6.89. The van der Waals surface area contributed by atoms with Gasteiger partial charge >= 0.3 is 0 Å². The van der Waals surface area contributed by atoms with Crippen molar-refractivity contribution in [1.82, 2.24) is 9.55 Å². The number of benzene rings is 1. The molecule has 0 radical (unpaired) electrons. The van der Waals surface area contributed by atoms with Crippen LogP contribution in [0, 0.1) is 11.5 Å². The third kappa shape index (κ3) is 2.66. The van der Waals surface area contributed by atoms with Crippen LogP contribution in [0.1, 0.15) is 37.1 Å². The van der Waals surface area contributed by atoms with Gasteiger partial charge in [-0.15, -0.1) is 5.54 Å². The normalized spacial score (nSPS) is 15.2. The van der Waals surface area contributed by atoms with E-state index in [1.54, 1.807) is 0 Å². The van der Waals surface area contributed by atoms with Crippen LogP contribution in [-0.4, -0.2) is 17.6 Å². The Labute approximate surface area is 122 Å². The van der Waals surface area contributed by atoms with E-state index >= 15 is 0 Å². The lowest BCUT2D eigenvalue weighted by Crippen LogP contribution is -2.16. The van der Waals surface area contributed by atoms with Gasteiger partial charge in [-0.3, -0.25) is 0 Å². The van der Waals surface area contributed by atoms with Crippen LogP contribution in [0.4, 0.5) is 0 Å². The summed E-state index contributed by atoms with van der Waals surface area (Å²) in [6.07, 6.45) is 2.59. The highest BCUT2D eigenvalue weighted by atomic mass is 28.3. The van der Waals surface area contributed by atoms with Crippen molar-refractivity contribution >= 4 is 19.1 Å². The second kappa shape index (κ2) is 4.78. The first kappa shape index (κ1) is 13.4. The SMILES string of the molecule is CCn1c(C2CC2)nc2cc(C#C[Si](C)(C)C)ccc21. The molecule has 0 bridgehead atoms. The Bertz CT molecular complexity index is 706. The molecule has 104 valence electrons. The molecule has 1 saturated carbocycles. The molecule has 1 fully saturated rings. The van der Waals surface area contributed by atoms with E-state index in [2.05, 4.69) is 60.8 Å². The average Bonchev–Trinajstić information content (AvgIpc) is 3.16. The first-order valence-corrected chi connectivity index (χ1v) is 11.0. The lowest BCUT2D eigenvalue weighted by molar-refractivity contribution is 0.720. The second-order valence-corrected chi connectivity index (χ2v) is 11.4. The zero-order valence-electron chi connectivity index (χ0n) is 12.8. The Balaban J connectivity index is 2.05. The van der Waals surface area contributed by atoms with E-state index in [-0.39, 0.29) is 0 Å². The van der Waals surface area contributed by atoms with Gasteiger partial charge in [0.2, 0.25) is 0 Å². The molecule has 0 unspecified atom stereocenters. The number of nitrogens with zero attached hydrogens (tertiary/aromatic N) is 2. The number of hydrogen-bond donors (Lipinski definition) is 0. The van der Waals surface area contributed by atoms with Crippen molar-refractivity contribution in [2.75, 3.05) is 0 Å². The summed E-state index contributed by atoms with van der Waals surface area (Å²) < 4.78 is 2.36.